The van der Waals surface area contributed by atoms with Crippen molar-refractivity contribution in [3.63, 3.8) is 0 Å². The van der Waals surface area contributed by atoms with E-state index in [1.165, 1.54) is 44.1 Å². The lowest BCUT2D eigenvalue weighted by Gasteiger charge is -2.13. The third-order valence-electron chi connectivity index (χ3n) is 4.32. The van der Waals surface area contributed by atoms with Gasteiger partial charge in [-0.15, -0.1) is 12.4 Å². The maximum absolute atomic E-state index is 5.98. The second-order valence-electron chi connectivity index (χ2n) is 6.61. The van der Waals surface area contributed by atoms with E-state index in [1.807, 2.05) is 18.2 Å². The summed E-state index contributed by atoms with van der Waals surface area (Å²) in [5, 5.41) is 3.54. The Labute approximate surface area is 187 Å². The van der Waals surface area contributed by atoms with Crippen molar-refractivity contribution in [1.29, 1.82) is 0 Å². The fourth-order valence-corrected chi connectivity index (χ4v) is 4.36. The minimum absolute atomic E-state index is 0. The molecule has 0 spiro atoms. The van der Waals surface area contributed by atoms with Crippen LogP contribution in [-0.2, 0) is 13.2 Å². The first kappa shape index (κ1) is 24.5. The first-order valence-corrected chi connectivity index (χ1v) is 11.1. The molecule has 0 fully saturated rings. The van der Waals surface area contributed by atoms with Crippen molar-refractivity contribution in [3.05, 3.63) is 62.5 Å². The average molecular weight is 520 g/mol. The molecule has 0 heterocycles. The zero-order chi connectivity index (χ0) is 18.6. The Morgan fingerprint density at radius 3 is 2.15 bits per heavy atom. The van der Waals surface area contributed by atoms with Crippen molar-refractivity contribution in [1.82, 2.24) is 5.32 Å². The third-order valence-corrected chi connectivity index (χ3v) is 5.50. The molecule has 0 aliphatic rings. The van der Waals surface area contributed by atoms with Gasteiger partial charge in [-0.1, -0.05) is 69.4 Å². The zero-order valence-corrected chi connectivity index (χ0v) is 20.0. The van der Waals surface area contributed by atoms with Crippen LogP contribution in [0, 0.1) is 0 Å². The van der Waals surface area contributed by atoms with Crippen molar-refractivity contribution >= 4 is 44.3 Å². The first-order chi connectivity index (χ1) is 12.7. The van der Waals surface area contributed by atoms with Gasteiger partial charge in [0, 0.05) is 6.54 Å². The summed E-state index contributed by atoms with van der Waals surface area (Å²) < 4.78 is 7.95. The Hall–Kier alpha value is -0.550. The van der Waals surface area contributed by atoms with Crippen molar-refractivity contribution < 1.29 is 4.74 Å². The predicted octanol–water partition coefficient (Wildman–Crippen LogP) is 7.66. The minimum Gasteiger partial charge on any atom is -0.487 e. The van der Waals surface area contributed by atoms with E-state index in [0.717, 1.165) is 33.3 Å². The summed E-state index contributed by atoms with van der Waals surface area (Å²) in [6, 6.07) is 14.5. The lowest BCUT2D eigenvalue weighted by atomic mass is 10.1. The third kappa shape index (κ3) is 9.47. The highest BCUT2D eigenvalue weighted by Crippen LogP contribution is 2.35. The van der Waals surface area contributed by atoms with Gasteiger partial charge in [-0.25, -0.2) is 0 Å². The van der Waals surface area contributed by atoms with Crippen LogP contribution >= 0.6 is 44.3 Å². The molecular formula is C22H30Br2ClNO. The molecule has 150 valence electrons. The van der Waals surface area contributed by atoms with Crippen LogP contribution in [0.2, 0.25) is 0 Å². The fourth-order valence-electron chi connectivity index (χ4n) is 2.85. The molecule has 0 aliphatic carbocycles. The molecule has 2 aromatic rings. The van der Waals surface area contributed by atoms with Crippen LogP contribution in [-0.4, -0.2) is 6.54 Å². The van der Waals surface area contributed by atoms with Gasteiger partial charge < -0.3 is 10.1 Å². The Morgan fingerprint density at radius 2 is 1.48 bits per heavy atom. The van der Waals surface area contributed by atoms with Crippen LogP contribution < -0.4 is 10.1 Å². The fraction of sp³-hybridized carbons (Fsp3) is 0.455. The lowest BCUT2D eigenvalue weighted by Crippen LogP contribution is -2.14. The van der Waals surface area contributed by atoms with E-state index >= 15 is 0 Å². The van der Waals surface area contributed by atoms with E-state index in [4.69, 9.17) is 4.74 Å². The zero-order valence-electron chi connectivity index (χ0n) is 16.0. The summed E-state index contributed by atoms with van der Waals surface area (Å²) in [4.78, 5) is 0. The topological polar surface area (TPSA) is 21.3 Å². The van der Waals surface area contributed by atoms with Crippen molar-refractivity contribution in [3.8, 4) is 5.75 Å². The number of ether oxygens (including phenoxy) is 1. The predicted molar refractivity (Wildman–Crippen MR) is 125 cm³/mol. The minimum atomic E-state index is 0. The largest absolute Gasteiger partial charge is 0.487 e. The van der Waals surface area contributed by atoms with E-state index in [1.54, 1.807) is 0 Å². The SMILES string of the molecule is CCCCCCCCNCc1cc(Br)c(OCc2ccccc2)c(Br)c1.Cl. The molecule has 0 saturated heterocycles. The summed E-state index contributed by atoms with van der Waals surface area (Å²) in [6.45, 7) is 4.78. The van der Waals surface area contributed by atoms with Crippen LogP contribution in [0.5, 0.6) is 5.75 Å². The second-order valence-corrected chi connectivity index (χ2v) is 8.32. The van der Waals surface area contributed by atoms with Gasteiger partial charge in [0.25, 0.3) is 0 Å². The summed E-state index contributed by atoms with van der Waals surface area (Å²) >= 11 is 7.29. The number of rotatable bonds is 12. The molecule has 27 heavy (non-hydrogen) atoms. The van der Waals surface area contributed by atoms with Gasteiger partial charge in [0.1, 0.15) is 12.4 Å². The molecule has 2 aromatic carbocycles. The van der Waals surface area contributed by atoms with Crippen molar-refractivity contribution in [2.45, 2.75) is 58.6 Å². The van der Waals surface area contributed by atoms with Crippen molar-refractivity contribution in [2.24, 2.45) is 0 Å². The molecular weight excluding hydrogens is 490 g/mol. The Balaban J connectivity index is 0.00000364. The maximum Gasteiger partial charge on any atom is 0.148 e. The van der Waals surface area contributed by atoms with Gasteiger partial charge >= 0.3 is 0 Å². The Bertz CT molecular complexity index is 629. The van der Waals surface area contributed by atoms with Gasteiger partial charge in [0.2, 0.25) is 0 Å². The monoisotopic (exact) mass is 517 g/mol. The molecule has 1 N–H and O–H groups in total. The number of halogens is 3. The number of nitrogens with one attached hydrogen (secondary N) is 1. The lowest BCUT2D eigenvalue weighted by molar-refractivity contribution is 0.302. The van der Waals surface area contributed by atoms with E-state index < -0.39 is 0 Å². The molecule has 0 radical (unpaired) electrons. The van der Waals surface area contributed by atoms with Gasteiger partial charge in [-0.2, -0.15) is 0 Å². The van der Waals surface area contributed by atoms with Gasteiger partial charge in [-0.05, 0) is 68.1 Å². The Morgan fingerprint density at radius 1 is 0.852 bits per heavy atom. The van der Waals surface area contributed by atoms with Crippen LogP contribution in [0.1, 0.15) is 56.6 Å². The highest BCUT2D eigenvalue weighted by atomic mass is 79.9. The highest BCUT2D eigenvalue weighted by Gasteiger charge is 2.09. The van der Waals surface area contributed by atoms with E-state index in [9.17, 15) is 0 Å². The molecule has 0 unspecified atom stereocenters. The van der Waals surface area contributed by atoms with Crippen LogP contribution in [0.25, 0.3) is 0 Å². The molecule has 2 nitrogen and oxygen atoms in total. The second kappa shape index (κ2) is 14.4. The van der Waals surface area contributed by atoms with Gasteiger partial charge in [0.15, 0.2) is 0 Å². The van der Waals surface area contributed by atoms with E-state index in [-0.39, 0.29) is 12.4 Å². The summed E-state index contributed by atoms with van der Waals surface area (Å²) in [5.41, 5.74) is 2.41. The van der Waals surface area contributed by atoms with E-state index in [2.05, 4.69) is 68.4 Å². The molecule has 0 aliphatic heterocycles. The number of benzene rings is 2. The summed E-state index contributed by atoms with van der Waals surface area (Å²) in [5.74, 6) is 0.855. The number of hydrogen-bond acceptors (Lipinski definition) is 2. The Kier molecular flexibility index (Phi) is 13.1. The molecule has 0 saturated carbocycles. The number of unbranched alkanes of at least 4 members (excludes halogenated alkanes) is 5. The average Bonchev–Trinajstić information content (AvgIpc) is 2.64. The summed E-state index contributed by atoms with van der Waals surface area (Å²) in [7, 11) is 0. The van der Waals surface area contributed by atoms with Gasteiger partial charge in [-0.3, -0.25) is 0 Å². The molecule has 0 bridgehead atoms. The number of hydrogen-bond donors (Lipinski definition) is 1. The standard InChI is InChI=1S/C22H29Br2NO.ClH/c1-2-3-4-5-6-10-13-25-16-19-14-20(23)22(21(24)15-19)26-17-18-11-8-7-9-12-18;/h7-9,11-12,14-15,25H,2-6,10,13,16-17H2,1H3;1H. The van der Waals surface area contributed by atoms with Crippen molar-refractivity contribution in [2.75, 3.05) is 6.54 Å². The van der Waals surface area contributed by atoms with Crippen LogP contribution in [0.4, 0.5) is 0 Å². The normalized spacial score (nSPS) is 10.5. The van der Waals surface area contributed by atoms with E-state index in [0.29, 0.717) is 6.61 Å². The molecule has 0 aromatic heterocycles. The first-order valence-electron chi connectivity index (χ1n) is 9.56. The molecule has 0 atom stereocenters. The quantitative estimate of drug-likeness (QED) is 0.291. The molecule has 0 amide bonds. The summed E-state index contributed by atoms with van der Waals surface area (Å²) in [6.07, 6.45) is 8.00. The van der Waals surface area contributed by atoms with Gasteiger partial charge in [0.05, 0.1) is 8.95 Å². The highest BCUT2D eigenvalue weighted by molar-refractivity contribution is 9.11. The molecule has 5 heteroatoms. The maximum atomic E-state index is 5.98. The van der Waals surface area contributed by atoms with Crippen LogP contribution in [0.15, 0.2) is 51.4 Å². The smallest absolute Gasteiger partial charge is 0.148 e. The molecule has 2 rings (SSSR count). The van der Waals surface area contributed by atoms with Crippen LogP contribution in [0.3, 0.4) is 0 Å².